The summed E-state index contributed by atoms with van der Waals surface area (Å²) in [5.74, 6) is 0.822. The van der Waals surface area contributed by atoms with Crippen molar-refractivity contribution >= 4 is 44.7 Å². The standard InChI is InChI=1S/C21H18ClN3S/c1-13-9-10-16(14(2)11-13)17-12-26-20-18(17)19(23-21(22)24-20)25(3)15-7-5-4-6-8-15/h4-12H,1-3H3. The summed E-state index contributed by atoms with van der Waals surface area (Å²) in [6.45, 7) is 4.25. The predicted octanol–water partition coefficient (Wildman–Crippen LogP) is 6.40. The van der Waals surface area contributed by atoms with Crippen molar-refractivity contribution in [1.29, 1.82) is 0 Å². The van der Waals surface area contributed by atoms with Crippen LogP contribution in [0.15, 0.2) is 53.9 Å². The number of para-hydroxylation sites is 1. The van der Waals surface area contributed by atoms with E-state index in [1.807, 2.05) is 25.2 Å². The van der Waals surface area contributed by atoms with Gasteiger partial charge in [0.15, 0.2) is 0 Å². The topological polar surface area (TPSA) is 29.0 Å². The molecular formula is C21H18ClN3S. The lowest BCUT2D eigenvalue weighted by molar-refractivity contribution is 1.12. The second-order valence-corrected chi connectivity index (χ2v) is 7.55. The molecule has 4 rings (SSSR count). The molecule has 2 aromatic heterocycles. The molecule has 3 nitrogen and oxygen atoms in total. The van der Waals surface area contributed by atoms with Gasteiger partial charge in [-0.1, -0.05) is 42.0 Å². The van der Waals surface area contributed by atoms with Crippen LogP contribution in [0.1, 0.15) is 11.1 Å². The SMILES string of the molecule is Cc1ccc(-c2csc3nc(Cl)nc(N(C)c4ccccc4)c23)c(C)c1. The number of rotatable bonds is 3. The third-order valence-electron chi connectivity index (χ3n) is 4.52. The lowest BCUT2D eigenvalue weighted by atomic mass is 9.99. The summed E-state index contributed by atoms with van der Waals surface area (Å²) in [7, 11) is 2.01. The Labute approximate surface area is 161 Å². The van der Waals surface area contributed by atoms with Crippen molar-refractivity contribution in [3.8, 4) is 11.1 Å². The molecule has 0 N–H and O–H groups in total. The van der Waals surface area contributed by atoms with Crippen molar-refractivity contribution in [2.24, 2.45) is 0 Å². The molecule has 0 saturated heterocycles. The normalized spacial score (nSPS) is 11.1. The van der Waals surface area contributed by atoms with E-state index in [1.54, 1.807) is 11.3 Å². The Hall–Kier alpha value is -2.43. The Morgan fingerprint density at radius 2 is 1.73 bits per heavy atom. The number of hydrogen-bond donors (Lipinski definition) is 0. The van der Waals surface area contributed by atoms with E-state index >= 15 is 0 Å². The van der Waals surface area contributed by atoms with Crippen molar-refractivity contribution in [3.05, 3.63) is 70.3 Å². The average Bonchev–Trinajstić information content (AvgIpc) is 3.04. The van der Waals surface area contributed by atoms with Crippen LogP contribution in [0.2, 0.25) is 5.28 Å². The van der Waals surface area contributed by atoms with Crippen LogP contribution in [0.3, 0.4) is 0 Å². The van der Waals surface area contributed by atoms with E-state index < -0.39 is 0 Å². The highest BCUT2D eigenvalue weighted by molar-refractivity contribution is 7.17. The van der Waals surface area contributed by atoms with Crippen LogP contribution in [-0.4, -0.2) is 17.0 Å². The minimum atomic E-state index is 0.268. The van der Waals surface area contributed by atoms with Gasteiger partial charge >= 0.3 is 0 Å². The summed E-state index contributed by atoms with van der Waals surface area (Å²) in [4.78, 5) is 12.0. The van der Waals surface area contributed by atoms with Crippen molar-refractivity contribution in [2.75, 3.05) is 11.9 Å². The summed E-state index contributed by atoms with van der Waals surface area (Å²) in [5.41, 5.74) is 5.91. The van der Waals surface area contributed by atoms with E-state index in [4.69, 9.17) is 11.6 Å². The largest absolute Gasteiger partial charge is 0.329 e. The molecule has 0 fully saturated rings. The molecule has 0 radical (unpaired) electrons. The predicted molar refractivity (Wildman–Crippen MR) is 112 cm³/mol. The van der Waals surface area contributed by atoms with Gasteiger partial charge in [-0.15, -0.1) is 11.3 Å². The molecule has 0 aliphatic rings. The second kappa shape index (κ2) is 6.71. The first-order chi connectivity index (χ1) is 12.5. The maximum atomic E-state index is 6.22. The van der Waals surface area contributed by atoms with Crippen LogP contribution in [0.25, 0.3) is 21.3 Å². The molecule has 2 aromatic carbocycles. The lowest BCUT2D eigenvalue weighted by Gasteiger charge is -2.20. The third kappa shape index (κ3) is 2.96. The van der Waals surface area contributed by atoms with E-state index in [-0.39, 0.29) is 5.28 Å². The highest BCUT2D eigenvalue weighted by Gasteiger charge is 2.19. The van der Waals surface area contributed by atoms with Crippen molar-refractivity contribution in [2.45, 2.75) is 13.8 Å². The van der Waals surface area contributed by atoms with Crippen molar-refractivity contribution < 1.29 is 0 Å². The fraction of sp³-hybridized carbons (Fsp3) is 0.143. The summed E-state index contributed by atoms with van der Waals surface area (Å²) in [6.07, 6.45) is 0. The molecule has 5 heteroatoms. The number of aromatic nitrogens is 2. The van der Waals surface area contributed by atoms with Crippen molar-refractivity contribution in [1.82, 2.24) is 9.97 Å². The fourth-order valence-electron chi connectivity index (χ4n) is 3.23. The molecule has 0 saturated carbocycles. The molecule has 0 aliphatic carbocycles. The van der Waals surface area contributed by atoms with Crippen LogP contribution in [0.5, 0.6) is 0 Å². The molecular weight excluding hydrogens is 362 g/mol. The molecule has 26 heavy (non-hydrogen) atoms. The quantitative estimate of drug-likeness (QED) is 0.386. The van der Waals surface area contributed by atoms with E-state index in [1.165, 1.54) is 16.7 Å². The third-order valence-corrected chi connectivity index (χ3v) is 5.56. The molecule has 0 unspecified atom stereocenters. The zero-order valence-corrected chi connectivity index (χ0v) is 16.4. The maximum Gasteiger partial charge on any atom is 0.225 e. The van der Waals surface area contributed by atoms with Crippen LogP contribution >= 0.6 is 22.9 Å². The average molecular weight is 380 g/mol. The van der Waals surface area contributed by atoms with Crippen LogP contribution < -0.4 is 4.90 Å². The molecule has 0 bridgehead atoms. The molecule has 0 atom stereocenters. The number of aryl methyl sites for hydroxylation is 2. The number of nitrogens with zero attached hydrogens (tertiary/aromatic N) is 3. The summed E-state index contributed by atoms with van der Waals surface area (Å²) in [5, 5.41) is 3.46. The molecule has 2 heterocycles. The van der Waals surface area contributed by atoms with Crippen LogP contribution in [-0.2, 0) is 0 Å². The number of thiophene rings is 1. The Bertz CT molecular complexity index is 1090. The monoisotopic (exact) mass is 379 g/mol. The van der Waals surface area contributed by atoms with Gasteiger partial charge in [0, 0.05) is 23.7 Å². The minimum absolute atomic E-state index is 0.268. The second-order valence-electron chi connectivity index (χ2n) is 6.36. The van der Waals surface area contributed by atoms with E-state index in [2.05, 4.69) is 64.4 Å². The number of fused-ring (bicyclic) bond motifs is 1. The molecule has 4 aromatic rings. The lowest BCUT2D eigenvalue weighted by Crippen LogP contribution is -2.12. The molecule has 0 amide bonds. The first kappa shape index (κ1) is 17.0. The molecule has 130 valence electrons. The number of benzene rings is 2. The minimum Gasteiger partial charge on any atom is -0.329 e. The number of halogens is 1. The summed E-state index contributed by atoms with van der Waals surface area (Å²) >= 11 is 7.82. The van der Waals surface area contributed by atoms with Gasteiger partial charge in [-0.2, -0.15) is 4.98 Å². The first-order valence-corrected chi connectivity index (χ1v) is 9.61. The van der Waals surface area contributed by atoms with Gasteiger partial charge in [-0.25, -0.2) is 4.98 Å². The first-order valence-electron chi connectivity index (χ1n) is 8.36. The van der Waals surface area contributed by atoms with Gasteiger partial charge in [0.05, 0.1) is 5.39 Å². The van der Waals surface area contributed by atoms with Gasteiger partial charge in [0.2, 0.25) is 5.28 Å². The number of anilines is 2. The van der Waals surface area contributed by atoms with Crippen molar-refractivity contribution in [3.63, 3.8) is 0 Å². The maximum absolute atomic E-state index is 6.22. The Morgan fingerprint density at radius 1 is 0.962 bits per heavy atom. The van der Waals surface area contributed by atoms with E-state index in [0.29, 0.717) is 0 Å². The van der Waals surface area contributed by atoms with Gasteiger partial charge < -0.3 is 4.90 Å². The zero-order chi connectivity index (χ0) is 18.3. The highest BCUT2D eigenvalue weighted by atomic mass is 35.5. The fourth-order valence-corrected chi connectivity index (χ4v) is 4.38. The summed E-state index contributed by atoms with van der Waals surface area (Å²) in [6, 6.07) is 16.7. The van der Waals surface area contributed by atoms with Crippen LogP contribution in [0.4, 0.5) is 11.5 Å². The van der Waals surface area contributed by atoms with Gasteiger partial charge in [0.25, 0.3) is 0 Å². The smallest absolute Gasteiger partial charge is 0.225 e. The van der Waals surface area contributed by atoms with Crippen LogP contribution in [0, 0.1) is 13.8 Å². The van der Waals surface area contributed by atoms with Gasteiger partial charge in [0.1, 0.15) is 10.6 Å². The number of hydrogen-bond acceptors (Lipinski definition) is 4. The Morgan fingerprint density at radius 3 is 2.46 bits per heavy atom. The Balaban J connectivity index is 1.97. The molecule has 0 aliphatic heterocycles. The summed E-state index contributed by atoms with van der Waals surface area (Å²) < 4.78 is 0. The van der Waals surface area contributed by atoms with Gasteiger partial charge in [-0.05, 0) is 48.7 Å². The van der Waals surface area contributed by atoms with E-state index in [9.17, 15) is 0 Å². The highest BCUT2D eigenvalue weighted by Crippen LogP contribution is 2.41. The zero-order valence-electron chi connectivity index (χ0n) is 14.8. The Kier molecular flexibility index (Phi) is 4.39. The van der Waals surface area contributed by atoms with Gasteiger partial charge in [-0.3, -0.25) is 0 Å². The molecule has 0 spiro atoms. The van der Waals surface area contributed by atoms with E-state index in [0.717, 1.165) is 27.3 Å².